The number of hydrogen-bond donors (Lipinski definition) is 1. The van der Waals surface area contributed by atoms with Gasteiger partial charge in [-0.3, -0.25) is 4.79 Å². The van der Waals surface area contributed by atoms with E-state index in [-0.39, 0.29) is 11.8 Å². The molecule has 3 nitrogen and oxygen atoms in total. The van der Waals surface area contributed by atoms with Crippen LogP contribution in [-0.2, 0) is 4.79 Å². The summed E-state index contributed by atoms with van der Waals surface area (Å²) in [6, 6.07) is 8.28. The van der Waals surface area contributed by atoms with Crippen LogP contribution in [0.2, 0.25) is 0 Å². The van der Waals surface area contributed by atoms with Crippen molar-refractivity contribution < 1.29 is 9.90 Å². The first-order chi connectivity index (χ1) is 8.66. The maximum atomic E-state index is 11.2. The molecule has 0 amide bonds. The Morgan fingerprint density at radius 2 is 2.17 bits per heavy atom. The van der Waals surface area contributed by atoms with Gasteiger partial charge in [-0.05, 0) is 30.4 Å². The summed E-state index contributed by atoms with van der Waals surface area (Å²) in [5.41, 5.74) is 2.47. The summed E-state index contributed by atoms with van der Waals surface area (Å²) in [6.07, 6.45) is 2.66. The Morgan fingerprint density at radius 3 is 2.83 bits per heavy atom. The van der Waals surface area contributed by atoms with E-state index in [0.717, 1.165) is 19.0 Å². The smallest absolute Gasteiger partial charge is 0.306 e. The minimum absolute atomic E-state index is 0.137. The number of carbonyl (C=O) groups is 1. The molecule has 1 aliphatic carbocycles. The molecule has 2 aliphatic rings. The molecule has 1 aromatic carbocycles. The van der Waals surface area contributed by atoms with Gasteiger partial charge in [-0.1, -0.05) is 25.1 Å². The highest BCUT2D eigenvalue weighted by atomic mass is 16.4. The molecule has 1 fully saturated rings. The number of para-hydroxylation sites is 1. The minimum Gasteiger partial charge on any atom is -0.481 e. The van der Waals surface area contributed by atoms with E-state index in [2.05, 4.69) is 17.0 Å². The van der Waals surface area contributed by atoms with Gasteiger partial charge in [0.25, 0.3) is 0 Å². The highest BCUT2D eigenvalue weighted by Crippen LogP contribution is 2.42. The number of hydrogen-bond acceptors (Lipinski definition) is 2. The molecule has 2 atom stereocenters. The van der Waals surface area contributed by atoms with E-state index in [1.165, 1.54) is 24.1 Å². The molecule has 18 heavy (non-hydrogen) atoms. The number of carboxylic acids is 1. The maximum absolute atomic E-state index is 11.2. The molecular weight excluding hydrogens is 226 g/mol. The first-order valence-corrected chi connectivity index (χ1v) is 6.73. The predicted molar refractivity (Wildman–Crippen MR) is 70.9 cm³/mol. The lowest BCUT2D eigenvalue weighted by molar-refractivity contribution is -0.141. The normalized spacial score (nSPS) is 23.8. The summed E-state index contributed by atoms with van der Waals surface area (Å²) >= 11 is 0. The van der Waals surface area contributed by atoms with Gasteiger partial charge in [0.05, 0.1) is 5.92 Å². The summed E-state index contributed by atoms with van der Waals surface area (Å²) in [6.45, 7) is 3.79. The summed E-state index contributed by atoms with van der Waals surface area (Å²) < 4.78 is 0. The Bertz CT molecular complexity index is 467. The second-order valence-electron chi connectivity index (χ2n) is 5.64. The van der Waals surface area contributed by atoms with Gasteiger partial charge in [0.1, 0.15) is 0 Å². The van der Waals surface area contributed by atoms with Crippen molar-refractivity contribution in [3.05, 3.63) is 29.8 Å². The van der Waals surface area contributed by atoms with Crippen molar-refractivity contribution in [1.29, 1.82) is 0 Å². The van der Waals surface area contributed by atoms with Gasteiger partial charge in [0.15, 0.2) is 0 Å². The Labute approximate surface area is 107 Å². The molecule has 1 N–H and O–H groups in total. The number of rotatable bonds is 4. The average Bonchev–Trinajstić information content (AvgIpc) is 3.10. The topological polar surface area (TPSA) is 40.5 Å². The van der Waals surface area contributed by atoms with Gasteiger partial charge >= 0.3 is 5.97 Å². The molecule has 1 aliphatic heterocycles. The second-order valence-corrected chi connectivity index (χ2v) is 5.64. The van der Waals surface area contributed by atoms with Crippen LogP contribution in [0.4, 0.5) is 5.69 Å². The van der Waals surface area contributed by atoms with Crippen molar-refractivity contribution in [3.63, 3.8) is 0 Å². The van der Waals surface area contributed by atoms with Crippen LogP contribution in [0.5, 0.6) is 0 Å². The molecule has 0 radical (unpaired) electrons. The lowest BCUT2D eigenvalue weighted by atomic mass is 9.89. The zero-order chi connectivity index (χ0) is 12.7. The molecule has 3 rings (SSSR count). The lowest BCUT2D eigenvalue weighted by Gasteiger charge is -2.20. The van der Waals surface area contributed by atoms with Crippen LogP contribution in [0.15, 0.2) is 24.3 Å². The molecule has 1 aromatic rings. The van der Waals surface area contributed by atoms with Crippen molar-refractivity contribution in [2.75, 3.05) is 18.0 Å². The van der Waals surface area contributed by atoms with Crippen LogP contribution in [0.3, 0.4) is 0 Å². The fourth-order valence-electron chi connectivity index (χ4n) is 2.91. The van der Waals surface area contributed by atoms with Gasteiger partial charge in [-0.25, -0.2) is 0 Å². The average molecular weight is 245 g/mol. The lowest BCUT2D eigenvalue weighted by Crippen LogP contribution is -2.28. The third-order valence-electron chi connectivity index (χ3n) is 4.26. The van der Waals surface area contributed by atoms with Gasteiger partial charge in [-0.2, -0.15) is 0 Å². The Morgan fingerprint density at radius 1 is 1.44 bits per heavy atom. The van der Waals surface area contributed by atoms with E-state index in [1.807, 2.05) is 19.1 Å². The van der Waals surface area contributed by atoms with Crippen LogP contribution in [0, 0.1) is 11.8 Å². The van der Waals surface area contributed by atoms with Crippen molar-refractivity contribution in [3.8, 4) is 0 Å². The largest absolute Gasteiger partial charge is 0.481 e. The highest BCUT2D eigenvalue weighted by molar-refractivity contribution is 5.73. The van der Waals surface area contributed by atoms with Crippen LogP contribution >= 0.6 is 0 Å². The quantitative estimate of drug-likeness (QED) is 0.886. The first-order valence-electron chi connectivity index (χ1n) is 6.73. The number of fused-ring (bicyclic) bond motifs is 1. The highest BCUT2D eigenvalue weighted by Gasteiger charge is 2.37. The number of carboxylic acid groups (broad SMARTS) is 1. The van der Waals surface area contributed by atoms with E-state index in [1.54, 1.807) is 0 Å². The second kappa shape index (κ2) is 4.30. The fourth-order valence-corrected chi connectivity index (χ4v) is 2.91. The van der Waals surface area contributed by atoms with E-state index in [9.17, 15) is 9.90 Å². The summed E-state index contributed by atoms with van der Waals surface area (Å²) in [7, 11) is 0. The summed E-state index contributed by atoms with van der Waals surface area (Å²) in [5, 5.41) is 9.23. The van der Waals surface area contributed by atoms with Gasteiger partial charge in [-0.15, -0.1) is 0 Å². The van der Waals surface area contributed by atoms with Crippen molar-refractivity contribution in [2.45, 2.75) is 25.7 Å². The first kappa shape index (κ1) is 11.6. The summed E-state index contributed by atoms with van der Waals surface area (Å²) in [4.78, 5) is 13.6. The maximum Gasteiger partial charge on any atom is 0.306 e. The van der Waals surface area contributed by atoms with Crippen LogP contribution < -0.4 is 4.90 Å². The minimum atomic E-state index is -0.692. The number of anilines is 1. The Balaban J connectivity index is 1.87. The standard InChI is InChI=1S/C15H19NO2/c1-10(15(17)18)13-9-16(8-11-6-7-11)14-5-3-2-4-12(13)14/h2-5,10-11,13H,6-9H2,1H3,(H,17,18). The van der Waals surface area contributed by atoms with Crippen molar-refractivity contribution in [2.24, 2.45) is 11.8 Å². The molecule has 1 heterocycles. The van der Waals surface area contributed by atoms with Crippen molar-refractivity contribution in [1.82, 2.24) is 0 Å². The zero-order valence-electron chi connectivity index (χ0n) is 10.7. The number of nitrogens with zero attached hydrogens (tertiary/aromatic N) is 1. The molecule has 0 spiro atoms. The van der Waals surface area contributed by atoms with Crippen molar-refractivity contribution >= 4 is 11.7 Å². The molecule has 0 aromatic heterocycles. The SMILES string of the molecule is CC(C(=O)O)C1CN(CC2CC2)c2ccccc21. The third kappa shape index (κ3) is 1.98. The molecule has 2 unspecified atom stereocenters. The Kier molecular flexibility index (Phi) is 2.77. The van der Waals surface area contributed by atoms with Crippen LogP contribution in [-0.4, -0.2) is 24.2 Å². The van der Waals surface area contributed by atoms with E-state index in [4.69, 9.17) is 0 Å². The van der Waals surface area contributed by atoms with Crippen LogP contribution in [0.25, 0.3) is 0 Å². The molecular formula is C15H19NO2. The van der Waals surface area contributed by atoms with Gasteiger partial charge < -0.3 is 10.0 Å². The van der Waals surface area contributed by atoms with E-state index < -0.39 is 5.97 Å². The fraction of sp³-hybridized carbons (Fsp3) is 0.533. The molecule has 1 saturated carbocycles. The monoisotopic (exact) mass is 245 g/mol. The molecule has 3 heteroatoms. The van der Waals surface area contributed by atoms with E-state index in [0.29, 0.717) is 0 Å². The molecule has 96 valence electrons. The molecule has 0 saturated heterocycles. The number of aliphatic carboxylic acids is 1. The van der Waals surface area contributed by atoms with E-state index >= 15 is 0 Å². The molecule has 0 bridgehead atoms. The van der Waals surface area contributed by atoms with Crippen LogP contribution in [0.1, 0.15) is 31.2 Å². The summed E-state index contributed by atoms with van der Waals surface area (Å²) in [5.74, 6) is -0.0344. The number of benzene rings is 1. The predicted octanol–water partition coefficient (Wildman–Crippen LogP) is 2.72. The van der Waals surface area contributed by atoms with Gasteiger partial charge in [0.2, 0.25) is 0 Å². The Hall–Kier alpha value is -1.51. The third-order valence-corrected chi connectivity index (χ3v) is 4.26. The van der Waals surface area contributed by atoms with Gasteiger partial charge in [0, 0.05) is 24.7 Å². The zero-order valence-corrected chi connectivity index (χ0v) is 10.7.